The minimum Gasteiger partial charge on any atom is -0.343 e. The number of pyridine rings is 1. The maximum atomic E-state index is 12.2. The van der Waals surface area contributed by atoms with Crippen molar-refractivity contribution in [2.24, 2.45) is 0 Å². The van der Waals surface area contributed by atoms with Crippen LogP contribution in [-0.2, 0) is 13.1 Å². The maximum absolute atomic E-state index is 12.2. The van der Waals surface area contributed by atoms with E-state index in [1.807, 2.05) is 24.3 Å². The highest BCUT2D eigenvalue weighted by Gasteiger charge is 2.12. The van der Waals surface area contributed by atoms with Gasteiger partial charge in [-0.15, -0.1) is 0 Å². The highest BCUT2D eigenvalue weighted by Crippen LogP contribution is 2.17. The maximum Gasteiger partial charge on any atom is 0.270 e. The third-order valence-corrected chi connectivity index (χ3v) is 4.27. The van der Waals surface area contributed by atoms with E-state index in [4.69, 9.17) is 4.98 Å². The number of hydrogen-bond donors (Lipinski definition) is 1. The SMILES string of the molecule is CCCCCCn1c(CNC(=O)c2ccccn2)nc2ccccc21. The molecule has 0 saturated carbocycles. The molecule has 3 rings (SSSR count). The van der Waals surface area contributed by atoms with E-state index in [0.29, 0.717) is 12.2 Å². The topological polar surface area (TPSA) is 59.8 Å². The number of nitrogens with one attached hydrogen (secondary N) is 1. The normalized spacial score (nSPS) is 10.9. The molecule has 0 aliphatic heterocycles. The molecule has 5 heteroatoms. The van der Waals surface area contributed by atoms with E-state index in [1.165, 1.54) is 19.3 Å². The van der Waals surface area contributed by atoms with Gasteiger partial charge in [0.05, 0.1) is 17.6 Å². The summed E-state index contributed by atoms with van der Waals surface area (Å²) in [5.41, 5.74) is 2.52. The Balaban J connectivity index is 1.74. The molecule has 1 N–H and O–H groups in total. The number of aryl methyl sites for hydroxylation is 1. The second kappa shape index (κ2) is 8.42. The zero-order valence-corrected chi connectivity index (χ0v) is 14.6. The van der Waals surface area contributed by atoms with Crippen molar-refractivity contribution in [2.45, 2.75) is 45.7 Å². The minimum atomic E-state index is -0.176. The number of para-hydroxylation sites is 2. The molecule has 0 aliphatic rings. The molecule has 2 heterocycles. The van der Waals surface area contributed by atoms with Gasteiger partial charge in [0, 0.05) is 12.7 Å². The molecule has 0 radical (unpaired) electrons. The highest BCUT2D eigenvalue weighted by atomic mass is 16.1. The molecule has 0 atom stereocenters. The van der Waals surface area contributed by atoms with E-state index < -0.39 is 0 Å². The van der Waals surface area contributed by atoms with Crippen molar-refractivity contribution < 1.29 is 4.79 Å². The van der Waals surface area contributed by atoms with Crippen molar-refractivity contribution >= 4 is 16.9 Å². The average molecular weight is 336 g/mol. The van der Waals surface area contributed by atoms with E-state index in [0.717, 1.165) is 29.8 Å². The summed E-state index contributed by atoms with van der Waals surface area (Å²) in [4.78, 5) is 21.0. The van der Waals surface area contributed by atoms with E-state index in [9.17, 15) is 4.79 Å². The second-order valence-corrected chi connectivity index (χ2v) is 6.13. The molecule has 25 heavy (non-hydrogen) atoms. The van der Waals surface area contributed by atoms with Crippen molar-refractivity contribution in [3.63, 3.8) is 0 Å². The summed E-state index contributed by atoms with van der Waals surface area (Å²) in [6.45, 7) is 3.54. The number of aromatic nitrogens is 3. The van der Waals surface area contributed by atoms with Crippen molar-refractivity contribution in [1.82, 2.24) is 19.9 Å². The summed E-state index contributed by atoms with van der Waals surface area (Å²) in [5.74, 6) is 0.715. The van der Waals surface area contributed by atoms with Crippen LogP contribution in [0.4, 0.5) is 0 Å². The number of fused-ring (bicyclic) bond motifs is 1. The van der Waals surface area contributed by atoms with Crippen LogP contribution in [0, 0.1) is 0 Å². The number of rotatable bonds is 8. The summed E-state index contributed by atoms with van der Waals surface area (Å²) >= 11 is 0. The minimum absolute atomic E-state index is 0.176. The summed E-state index contributed by atoms with van der Waals surface area (Å²) in [6, 6.07) is 13.4. The highest BCUT2D eigenvalue weighted by molar-refractivity contribution is 5.92. The van der Waals surface area contributed by atoms with Crippen LogP contribution < -0.4 is 5.32 Å². The molecule has 0 aliphatic carbocycles. The van der Waals surface area contributed by atoms with Gasteiger partial charge in [-0.05, 0) is 30.7 Å². The van der Waals surface area contributed by atoms with Crippen LogP contribution in [0.2, 0.25) is 0 Å². The Morgan fingerprint density at radius 1 is 1.08 bits per heavy atom. The van der Waals surface area contributed by atoms with Crippen LogP contribution in [0.3, 0.4) is 0 Å². The molecule has 3 aromatic rings. The van der Waals surface area contributed by atoms with Gasteiger partial charge >= 0.3 is 0 Å². The Kier molecular flexibility index (Phi) is 5.77. The number of carbonyl (C=O) groups excluding carboxylic acids is 1. The van der Waals surface area contributed by atoms with Gasteiger partial charge in [0.2, 0.25) is 0 Å². The lowest BCUT2D eigenvalue weighted by atomic mass is 10.2. The zero-order valence-electron chi connectivity index (χ0n) is 14.6. The van der Waals surface area contributed by atoms with Crippen LogP contribution in [0.25, 0.3) is 11.0 Å². The Morgan fingerprint density at radius 3 is 2.72 bits per heavy atom. The van der Waals surface area contributed by atoms with Gasteiger partial charge in [-0.1, -0.05) is 44.4 Å². The lowest BCUT2D eigenvalue weighted by molar-refractivity contribution is 0.0944. The van der Waals surface area contributed by atoms with Gasteiger partial charge in [-0.3, -0.25) is 9.78 Å². The molecule has 1 amide bonds. The fourth-order valence-corrected chi connectivity index (χ4v) is 2.95. The van der Waals surface area contributed by atoms with Crippen LogP contribution in [-0.4, -0.2) is 20.4 Å². The fourth-order valence-electron chi connectivity index (χ4n) is 2.95. The summed E-state index contributed by atoms with van der Waals surface area (Å²) in [6.07, 6.45) is 6.42. The molecule has 0 unspecified atom stereocenters. The third kappa shape index (κ3) is 4.24. The number of amides is 1. The lowest BCUT2D eigenvalue weighted by Gasteiger charge is -2.10. The standard InChI is InChI=1S/C20H24N4O/c1-2-3-4-9-14-24-18-12-6-5-10-16(18)23-19(24)15-22-20(25)17-11-7-8-13-21-17/h5-8,10-13H,2-4,9,14-15H2,1H3,(H,22,25). The van der Waals surface area contributed by atoms with E-state index in [1.54, 1.807) is 18.3 Å². The van der Waals surface area contributed by atoms with Crippen LogP contribution in [0.5, 0.6) is 0 Å². The number of imidazole rings is 1. The molecular weight excluding hydrogens is 312 g/mol. The Hall–Kier alpha value is -2.69. The van der Waals surface area contributed by atoms with Gasteiger partial charge in [0.1, 0.15) is 11.5 Å². The fraction of sp³-hybridized carbons (Fsp3) is 0.350. The quantitative estimate of drug-likeness (QED) is 0.634. The van der Waals surface area contributed by atoms with Crippen LogP contribution >= 0.6 is 0 Å². The van der Waals surface area contributed by atoms with E-state index in [-0.39, 0.29) is 5.91 Å². The van der Waals surface area contributed by atoms with E-state index >= 15 is 0 Å². The monoisotopic (exact) mass is 336 g/mol. The largest absolute Gasteiger partial charge is 0.343 e. The number of nitrogens with zero attached hydrogens (tertiary/aromatic N) is 3. The molecule has 2 aromatic heterocycles. The van der Waals surface area contributed by atoms with Gasteiger partial charge < -0.3 is 9.88 Å². The van der Waals surface area contributed by atoms with Gasteiger partial charge in [-0.25, -0.2) is 4.98 Å². The second-order valence-electron chi connectivity index (χ2n) is 6.13. The summed E-state index contributed by atoms with van der Waals surface area (Å²) in [7, 11) is 0. The zero-order chi connectivity index (χ0) is 17.5. The van der Waals surface area contributed by atoms with Crippen molar-refractivity contribution in [1.29, 1.82) is 0 Å². The Morgan fingerprint density at radius 2 is 1.92 bits per heavy atom. The smallest absolute Gasteiger partial charge is 0.270 e. The first-order chi connectivity index (χ1) is 12.3. The first kappa shape index (κ1) is 17.1. The number of carbonyl (C=O) groups is 1. The molecule has 1 aromatic carbocycles. The van der Waals surface area contributed by atoms with Crippen LogP contribution in [0.15, 0.2) is 48.7 Å². The molecule has 5 nitrogen and oxygen atoms in total. The first-order valence-electron chi connectivity index (χ1n) is 8.93. The number of hydrogen-bond acceptors (Lipinski definition) is 3. The van der Waals surface area contributed by atoms with Gasteiger partial charge in [-0.2, -0.15) is 0 Å². The molecule has 0 fully saturated rings. The average Bonchev–Trinajstić information content (AvgIpc) is 3.01. The number of unbranched alkanes of at least 4 members (excludes halogenated alkanes) is 3. The predicted octanol–water partition coefficient (Wildman–Crippen LogP) is 3.94. The van der Waals surface area contributed by atoms with Crippen molar-refractivity contribution in [3.05, 3.63) is 60.2 Å². The third-order valence-electron chi connectivity index (χ3n) is 4.27. The Labute approximate surface area is 148 Å². The summed E-state index contributed by atoms with van der Waals surface area (Å²) in [5, 5.41) is 2.93. The van der Waals surface area contributed by atoms with Gasteiger partial charge in [0.15, 0.2) is 0 Å². The predicted molar refractivity (Wildman–Crippen MR) is 99.3 cm³/mol. The molecule has 0 bridgehead atoms. The summed E-state index contributed by atoms with van der Waals surface area (Å²) < 4.78 is 2.23. The molecular formula is C20H24N4O. The van der Waals surface area contributed by atoms with Crippen molar-refractivity contribution in [3.8, 4) is 0 Å². The lowest BCUT2D eigenvalue weighted by Crippen LogP contribution is -2.25. The first-order valence-corrected chi connectivity index (χ1v) is 8.93. The van der Waals surface area contributed by atoms with E-state index in [2.05, 4.69) is 27.9 Å². The van der Waals surface area contributed by atoms with Gasteiger partial charge in [0.25, 0.3) is 5.91 Å². The van der Waals surface area contributed by atoms with Crippen LogP contribution in [0.1, 0.15) is 48.9 Å². The number of benzene rings is 1. The molecule has 130 valence electrons. The van der Waals surface area contributed by atoms with Crippen molar-refractivity contribution in [2.75, 3.05) is 0 Å². The molecule has 0 spiro atoms. The molecule has 0 saturated heterocycles. The Bertz CT molecular complexity index is 826.